The average Bonchev–Trinajstić information content (AvgIpc) is 2.53. The van der Waals surface area contributed by atoms with E-state index in [4.69, 9.17) is 5.11 Å². The molecule has 22 heavy (non-hydrogen) atoms. The molecule has 0 fully saturated rings. The minimum absolute atomic E-state index is 0.206. The van der Waals surface area contributed by atoms with E-state index in [1.807, 2.05) is 18.2 Å². The van der Waals surface area contributed by atoms with E-state index < -0.39 is 5.97 Å². The number of aryl methyl sites for hydroxylation is 1. The monoisotopic (exact) mass is 297 g/mol. The molecule has 0 aromatic heterocycles. The summed E-state index contributed by atoms with van der Waals surface area (Å²) in [5, 5.41) is 12.2. The molecule has 1 atom stereocenters. The van der Waals surface area contributed by atoms with Crippen molar-refractivity contribution in [3.63, 3.8) is 0 Å². The first-order chi connectivity index (χ1) is 10.6. The summed E-state index contributed by atoms with van der Waals surface area (Å²) in [7, 11) is 0. The minimum atomic E-state index is -0.739. The molecule has 0 aliphatic carbocycles. The lowest BCUT2D eigenvalue weighted by atomic mass is 9.98. The highest BCUT2D eigenvalue weighted by molar-refractivity contribution is 5.66. The van der Waals surface area contributed by atoms with Crippen LogP contribution in [0.3, 0.4) is 0 Å². The fourth-order valence-corrected chi connectivity index (χ4v) is 2.47. The van der Waals surface area contributed by atoms with Crippen LogP contribution >= 0.6 is 0 Å². The molecule has 116 valence electrons. The molecule has 0 amide bonds. The Morgan fingerprint density at radius 1 is 1.09 bits per heavy atom. The minimum Gasteiger partial charge on any atom is -0.481 e. The Morgan fingerprint density at radius 2 is 1.77 bits per heavy atom. The van der Waals surface area contributed by atoms with E-state index in [0.717, 1.165) is 6.42 Å². The number of hydrogen-bond donors (Lipinski definition) is 2. The summed E-state index contributed by atoms with van der Waals surface area (Å²) in [4.78, 5) is 10.6. The highest BCUT2D eigenvalue weighted by atomic mass is 16.4. The quantitative estimate of drug-likeness (QED) is 0.730. The largest absolute Gasteiger partial charge is 0.481 e. The molecular formula is C19H23NO2. The van der Waals surface area contributed by atoms with Crippen molar-refractivity contribution in [1.82, 2.24) is 5.32 Å². The maximum atomic E-state index is 10.6. The van der Waals surface area contributed by atoms with Crippen molar-refractivity contribution in [2.45, 2.75) is 32.2 Å². The summed E-state index contributed by atoms with van der Waals surface area (Å²) in [6, 6.07) is 19.1. The van der Waals surface area contributed by atoms with E-state index in [9.17, 15) is 4.79 Å². The second-order valence-corrected chi connectivity index (χ2v) is 5.60. The molecule has 0 radical (unpaired) electrons. The first kappa shape index (κ1) is 16.2. The Hall–Kier alpha value is -2.13. The molecule has 0 aliphatic heterocycles. The Kier molecular flexibility index (Phi) is 6.16. The Labute approximate surface area is 132 Å². The molecule has 0 saturated carbocycles. The zero-order chi connectivity index (χ0) is 15.8. The molecule has 1 unspecified atom stereocenters. The lowest BCUT2D eigenvalue weighted by Crippen LogP contribution is -2.24. The fraction of sp³-hybridized carbons (Fsp3) is 0.316. The predicted octanol–water partition coefficient (Wildman–Crippen LogP) is 3.73. The van der Waals surface area contributed by atoms with Crippen molar-refractivity contribution in [2.24, 2.45) is 0 Å². The summed E-state index contributed by atoms with van der Waals surface area (Å²) in [6.45, 7) is 2.79. The van der Waals surface area contributed by atoms with Crippen LogP contribution in [0.5, 0.6) is 0 Å². The molecule has 2 aromatic carbocycles. The van der Waals surface area contributed by atoms with E-state index in [1.54, 1.807) is 0 Å². The van der Waals surface area contributed by atoms with Crippen LogP contribution in [0.4, 0.5) is 0 Å². The van der Waals surface area contributed by atoms with Crippen LogP contribution in [0.1, 0.15) is 35.6 Å². The lowest BCUT2D eigenvalue weighted by molar-refractivity contribution is -0.137. The van der Waals surface area contributed by atoms with E-state index >= 15 is 0 Å². The van der Waals surface area contributed by atoms with Crippen molar-refractivity contribution < 1.29 is 9.90 Å². The number of carboxylic acids is 1. The third kappa shape index (κ3) is 5.34. The molecule has 0 saturated heterocycles. The number of rotatable bonds is 8. The maximum Gasteiger partial charge on any atom is 0.303 e. The number of carbonyl (C=O) groups is 1. The SMILES string of the molecule is Cc1ccc(CC(NCCCC(=O)O)c2ccccc2)cc1. The van der Waals surface area contributed by atoms with Crippen LogP contribution < -0.4 is 5.32 Å². The summed E-state index contributed by atoms with van der Waals surface area (Å²) >= 11 is 0. The van der Waals surface area contributed by atoms with Gasteiger partial charge in [-0.05, 0) is 37.4 Å². The molecule has 0 aliphatic rings. The van der Waals surface area contributed by atoms with Crippen molar-refractivity contribution in [3.05, 3.63) is 71.3 Å². The van der Waals surface area contributed by atoms with Gasteiger partial charge in [-0.15, -0.1) is 0 Å². The van der Waals surface area contributed by atoms with Gasteiger partial charge in [-0.2, -0.15) is 0 Å². The maximum absolute atomic E-state index is 10.6. The molecule has 0 spiro atoms. The Bertz CT molecular complexity index is 578. The summed E-state index contributed by atoms with van der Waals surface area (Å²) in [5.74, 6) is -0.739. The molecule has 2 N–H and O–H groups in total. The standard InChI is InChI=1S/C19H23NO2/c1-15-9-11-16(12-10-15)14-18(17-6-3-2-4-7-17)20-13-5-8-19(21)22/h2-4,6-7,9-12,18,20H,5,8,13-14H2,1H3,(H,21,22). The lowest BCUT2D eigenvalue weighted by Gasteiger charge is -2.19. The fourth-order valence-electron chi connectivity index (χ4n) is 2.47. The number of benzene rings is 2. The highest BCUT2D eigenvalue weighted by Gasteiger charge is 2.11. The van der Waals surface area contributed by atoms with Gasteiger partial charge in [0, 0.05) is 12.5 Å². The second-order valence-electron chi connectivity index (χ2n) is 5.60. The molecule has 0 heterocycles. The van der Waals surface area contributed by atoms with Gasteiger partial charge in [0.1, 0.15) is 0 Å². The normalized spacial score (nSPS) is 12.0. The van der Waals surface area contributed by atoms with E-state index in [2.05, 4.69) is 48.6 Å². The van der Waals surface area contributed by atoms with Crippen molar-refractivity contribution >= 4 is 5.97 Å². The highest BCUT2D eigenvalue weighted by Crippen LogP contribution is 2.19. The van der Waals surface area contributed by atoms with Gasteiger partial charge in [-0.25, -0.2) is 0 Å². The van der Waals surface area contributed by atoms with Gasteiger partial charge in [0.2, 0.25) is 0 Å². The Morgan fingerprint density at radius 3 is 2.41 bits per heavy atom. The summed E-state index contributed by atoms with van der Waals surface area (Å²) in [5.41, 5.74) is 3.78. The van der Waals surface area contributed by atoms with Crippen LogP contribution in [-0.2, 0) is 11.2 Å². The van der Waals surface area contributed by atoms with Crippen LogP contribution in [0.2, 0.25) is 0 Å². The smallest absolute Gasteiger partial charge is 0.303 e. The number of carboxylic acid groups (broad SMARTS) is 1. The van der Waals surface area contributed by atoms with E-state index in [-0.39, 0.29) is 12.5 Å². The number of nitrogens with one attached hydrogen (secondary N) is 1. The van der Waals surface area contributed by atoms with Crippen molar-refractivity contribution in [2.75, 3.05) is 6.54 Å². The van der Waals surface area contributed by atoms with Crippen molar-refractivity contribution in [3.8, 4) is 0 Å². The van der Waals surface area contributed by atoms with Gasteiger partial charge in [0.25, 0.3) is 0 Å². The van der Waals surface area contributed by atoms with Crippen LogP contribution in [0.25, 0.3) is 0 Å². The van der Waals surface area contributed by atoms with Crippen LogP contribution in [-0.4, -0.2) is 17.6 Å². The zero-order valence-electron chi connectivity index (χ0n) is 13.0. The van der Waals surface area contributed by atoms with Gasteiger partial charge < -0.3 is 10.4 Å². The number of aliphatic carboxylic acids is 1. The second kappa shape index (κ2) is 8.35. The third-order valence-corrected chi connectivity index (χ3v) is 3.72. The van der Waals surface area contributed by atoms with E-state index in [1.165, 1.54) is 16.7 Å². The van der Waals surface area contributed by atoms with Crippen LogP contribution in [0, 0.1) is 6.92 Å². The third-order valence-electron chi connectivity index (χ3n) is 3.72. The Balaban J connectivity index is 2.01. The summed E-state index contributed by atoms with van der Waals surface area (Å²) in [6.07, 6.45) is 1.75. The molecular weight excluding hydrogens is 274 g/mol. The zero-order valence-corrected chi connectivity index (χ0v) is 13.0. The molecule has 3 nitrogen and oxygen atoms in total. The van der Waals surface area contributed by atoms with Gasteiger partial charge >= 0.3 is 5.97 Å². The predicted molar refractivity (Wildman–Crippen MR) is 88.9 cm³/mol. The van der Waals surface area contributed by atoms with E-state index in [0.29, 0.717) is 13.0 Å². The topological polar surface area (TPSA) is 49.3 Å². The molecule has 3 heteroatoms. The molecule has 2 aromatic rings. The average molecular weight is 297 g/mol. The molecule has 2 rings (SSSR count). The van der Waals surface area contributed by atoms with Gasteiger partial charge in [0.05, 0.1) is 0 Å². The first-order valence-electron chi connectivity index (χ1n) is 7.71. The van der Waals surface area contributed by atoms with Gasteiger partial charge in [-0.1, -0.05) is 60.2 Å². The number of hydrogen-bond acceptors (Lipinski definition) is 2. The van der Waals surface area contributed by atoms with Crippen molar-refractivity contribution in [1.29, 1.82) is 0 Å². The first-order valence-corrected chi connectivity index (χ1v) is 7.71. The summed E-state index contributed by atoms with van der Waals surface area (Å²) < 4.78 is 0. The van der Waals surface area contributed by atoms with Crippen LogP contribution in [0.15, 0.2) is 54.6 Å². The molecule has 0 bridgehead atoms. The van der Waals surface area contributed by atoms with Gasteiger partial charge in [0.15, 0.2) is 0 Å². The van der Waals surface area contributed by atoms with Gasteiger partial charge in [-0.3, -0.25) is 4.79 Å².